The van der Waals surface area contributed by atoms with Crippen molar-refractivity contribution in [3.63, 3.8) is 0 Å². The van der Waals surface area contributed by atoms with E-state index in [1.807, 2.05) is 25.5 Å². The summed E-state index contributed by atoms with van der Waals surface area (Å²) in [6, 6.07) is 0. The van der Waals surface area contributed by atoms with Crippen LogP contribution >= 0.6 is 11.8 Å². The third kappa shape index (κ3) is 3.11. The van der Waals surface area contributed by atoms with Crippen molar-refractivity contribution in [1.82, 2.24) is 9.78 Å². The first-order chi connectivity index (χ1) is 5.83. The molecule has 12 heavy (non-hydrogen) atoms. The van der Waals surface area contributed by atoms with Crippen molar-refractivity contribution < 1.29 is 0 Å². The zero-order valence-corrected chi connectivity index (χ0v) is 7.92. The molecule has 0 amide bonds. The van der Waals surface area contributed by atoms with Gasteiger partial charge in [0.25, 0.3) is 0 Å². The van der Waals surface area contributed by atoms with E-state index >= 15 is 0 Å². The summed E-state index contributed by atoms with van der Waals surface area (Å²) < 4.78 is 1.80. The molecular formula is C8H13N3S. The molecule has 0 saturated heterocycles. The summed E-state index contributed by atoms with van der Waals surface area (Å²) in [5.74, 6) is 0.961. The normalized spacial score (nSPS) is 11.2. The Morgan fingerprint density at radius 2 is 2.50 bits per heavy atom. The average Bonchev–Trinajstić information content (AvgIpc) is 2.45. The van der Waals surface area contributed by atoms with Gasteiger partial charge in [0.15, 0.2) is 0 Å². The topological polar surface area (TPSA) is 43.8 Å². The minimum absolute atomic E-state index is 0.619. The lowest BCUT2D eigenvalue weighted by atomic mass is 10.5. The van der Waals surface area contributed by atoms with Gasteiger partial charge in [-0.15, -0.1) is 11.8 Å². The van der Waals surface area contributed by atoms with Crippen LogP contribution in [0.2, 0.25) is 0 Å². The molecule has 0 unspecified atom stereocenters. The van der Waals surface area contributed by atoms with Gasteiger partial charge in [0.05, 0.1) is 6.20 Å². The van der Waals surface area contributed by atoms with E-state index in [1.54, 1.807) is 16.4 Å². The van der Waals surface area contributed by atoms with Gasteiger partial charge < -0.3 is 5.73 Å². The van der Waals surface area contributed by atoms with Gasteiger partial charge in [0.1, 0.15) is 0 Å². The zero-order valence-electron chi connectivity index (χ0n) is 7.10. The van der Waals surface area contributed by atoms with Crippen molar-refractivity contribution in [3.05, 3.63) is 24.5 Å². The van der Waals surface area contributed by atoms with Crippen LogP contribution in [-0.4, -0.2) is 22.1 Å². The average molecular weight is 183 g/mol. The Labute approximate surface area is 76.6 Å². The summed E-state index contributed by atoms with van der Waals surface area (Å²) in [4.78, 5) is 1.19. The lowest BCUT2D eigenvalue weighted by molar-refractivity contribution is 0.766. The summed E-state index contributed by atoms with van der Waals surface area (Å²) in [6.45, 7) is 0.619. The van der Waals surface area contributed by atoms with Crippen molar-refractivity contribution in [2.24, 2.45) is 12.8 Å². The number of nitrogens with two attached hydrogens (primary N) is 1. The molecule has 0 aliphatic heterocycles. The maximum Gasteiger partial charge on any atom is 0.0625 e. The van der Waals surface area contributed by atoms with Gasteiger partial charge in [-0.1, -0.05) is 12.2 Å². The molecule has 1 aromatic rings. The van der Waals surface area contributed by atoms with Crippen molar-refractivity contribution in [2.75, 3.05) is 12.3 Å². The van der Waals surface area contributed by atoms with Crippen molar-refractivity contribution in [2.45, 2.75) is 4.90 Å². The van der Waals surface area contributed by atoms with Gasteiger partial charge in [-0.2, -0.15) is 5.10 Å². The van der Waals surface area contributed by atoms with E-state index in [2.05, 4.69) is 11.2 Å². The van der Waals surface area contributed by atoms with Crippen LogP contribution in [0.25, 0.3) is 0 Å². The van der Waals surface area contributed by atoms with Crippen LogP contribution in [0.15, 0.2) is 29.4 Å². The van der Waals surface area contributed by atoms with Crippen molar-refractivity contribution in [1.29, 1.82) is 0 Å². The van der Waals surface area contributed by atoms with E-state index < -0.39 is 0 Å². The molecule has 1 rings (SSSR count). The minimum Gasteiger partial charge on any atom is -0.327 e. The molecule has 0 aromatic carbocycles. The number of aryl methyl sites for hydroxylation is 1. The minimum atomic E-state index is 0.619. The van der Waals surface area contributed by atoms with Crippen molar-refractivity contribution in [3.8, 4) is 0 Å². The van der Waals surface area contributed by atoms with Gasteiger partial charge in [-0.05, 0) is 0 Å². The van der Waals surface area contributed by atoms with Gasteiger partial charge in [-0.3, -0.25) is 4.68 Å². The number of hydrogen-bond acceptors (Lipinski definition) is 3. The fourth-order valence-electron chi connectivity index (χ4n) is 0.782. The van der Waals surface area contributed by atoms with Crippen LogP contribution in [0.4, 0.5) is 0 Å². The Kier molecular flexibility index (Phi) is 3.90. The highest BCUT2D eigenvalue weighted by Crippen LogP contribution is 2.15. The fourth-order valence-corrected chi connectivity index (χ4v) is 1.56. The Balaban J connectivity index is 2.28. The monoisotopic (exact) mass is 183 g/mol. The lowest BCUT2D eigenvalue weighted by Crippen LogP contribution is -1.92. The first-order valence-corrected chi connectivity index (χ1v) is 4.78. The first kappa shape index (κ1) is 9.35. The Morgan fingerprint density at radius 1 is 1.67 bits per heavy atom. The van der Waals surface area contributed by atoms with E-state index in [4.69, 9.17) is 5.73 Å². The number of aromatic nitrogens is 2. The van der Waals surface area contributed by atoms with Gasteiger partial charge >= 0.3 is 0 Å². The molecule has 0 radical (unpaired) electrons. The summed E-state index contributed by atoms with van der Waals surface area (Å²) in [5.41, 5.74) is 5.30. The lowest BCUT2D eigenvalue weighted by Gasteiger charge is -1.89. The number of rotatable bonds is 4. The molecule has 0 fully saturated rings. The van der Waals surface area contributed by atoms with E-state index in [9.17, 15) is 0 Å². The molecule has 0 aliphatic rings. The third-order valence-corrected chi connectivity index (χ3v) is 2.23. The van der Waals surface area contributed by atoms with Crippen LogP contribution in [-0.2, 0) is 7.05 Å². The summed E-state index contributed by atoms with van der Waals surface area (Å²) in [7, 11) is 1.92. The Hall–Kier alpha value is -0.740. The second kappa shape index (κ2) is 5.00. The molecule has 3 nitrogen and oxygen atoms in total. The highest BCUT2D eigenvalue weighted by Gasteiger charge is 1.93. The number of thioether (sulfide) groups is 1. The molecule has 2 N–H and O–H groups in total. The number of hydrogen-bond donors (Lipinski definition) is 1. The first-order valence-electron chi connectivity index (χ1n) is 3.79. The van der Waals surface area contributed by atoms with Crippen LogP contribution in [0.1, 0.15) is 0 Å². The van der Waals surface area contributed by atoms with Crippen LogP contribution in [0.5, 0.6) is 0 Å². The second-order valence-electron chi connectivity index (χ2n) is 2.37. The van der Waals surface area contributed by atoms with E-state index in [0.717, 1.165) is 5.75 Å². The van der Waals surface area contributed by atoms with Crippen LogP contribution < -0.4 is 5.73 Å². The molecule has 66 valence electrons. The third-order valence-electron chi connectivity index (χ3n) is 1.33. The molecule has 1 heterocycles. The van der Waals surface area contributed by atoms with Crippen LogP contribution in [0, 0.1) is 0 Å². The van der Waals surface area contributed by atoms with E-state index in [1.165, 1.54) is 4.90 Å². The molecule has 0 atom stereocenters. The molecule has 0 bridgehead atoms. The second-order valence-corrected chi connectivity index (χ2v) is 3.46. The smallest absolute Gasteiger partial charge is 0.0625 e. The highest BCUT2D eigenvalue weighted by atomic mass is 32.2. The quantitative estimate of drug-likeness (QED) is 0.560. The maximum atomic E-state index is 5.30. The summed E-state index contributed by atoms with van der Waals surface area (Å²) >= 11 is 1.76. The van der Waals surface area contributed by atoms with Gasteiger partial charge in [0.2, 0.25) is 0 Å². The molecule has 4 heteroatoms. The zero-order chi connectivity index (χ0) is 8.81. The highest BCUT2D eigenvalue weighted by molar-refractivity contribution is 7.99. The molecule has 1 aromatic heterocycles. The van der Waals surface area contributed by atoms with E-state index in [0.29, 0.717) is 6.54 Å². The molecule has 0 spiro atoms. The molecule has 0 saturated carbocycles. The Bertz CT molecular complexity index is 255. The summed E-state index contributed by atoms with van der Waals surface area (Å²) in [6.07, 6.45) is 7.89. The van der Waals surface area contributed by atoms with Gasteiger partial charge in [-0.25, -0.2) is 0 Å². The maximum absolute atomic E-state index is 5.30. The number of nitrogens with zero attached hydrogens (tertiary/aromatic N) is 2. The predicted octanol–water partition coefficient (Wildman–Crippen LogP) is 1.03. The Morgan fingerprint density at radius 3 is 3.08 bits per heavy atom. The molecular weight excluding hydrogens is 170 g/mol. The largest absolute Gasteiger partial charge is 0.327 e. The van der Waals surface area contributed by atoms with Gasteiger partial charge in [0, 0.05) is 30.4 Å². The standard InChI is InChI=1S/C8H13N3S/c1-11-7-8(6-10-11)12-5-3-2-4-9/h2-3,6-7H,4-5,9H2,1H3. The SMILES string of the molecule is Cn1cc(SCC=CCN)cn1. The predicted molar refractivity (Wildman–Crippen MR) is 52.1 cm³/mol. The van der Waals surface area contributed by atoms with Crippen molar-refractivity contribution >= 4 is 11.8 Å². The van der Waals surface area contributed by atoms with E-state index in [-0.39, 0.29) is 0 Å². The van der Waals surface area contributed by atoms with Crippen LogP contribution in [0.3, 0.4) is 0 Å². The molecule has 0 aliphatic carbocycles. The summed E-state index contributed by atoms with van der Waals surface area (Å²) in [5, 5.41) is 4.06. The fraction of sp³-hybridized carbons (Fsp3) is 0.375.